The molecule has 1 heterocycles. The summed E-state index contributed by atoms with van der Waals surface area (Å²) in [5, 5.41) is 2.75. The van der Waals surface area contributed by atoms with E-state index >= 15 is 0 Å². The molecule has 0 atom stereocenters. The smallest absolute Gasteiger partial charge is 0.221 e. The second kappa shape index (κ2) is 5.87. The molecule has 1 amide bonds. The number of imidazole rings is 1. The van der Waals surface area contributed by atoms with Crippen LogP contribution in [0, 0.1) is 0 Å². The average molecular weight is 266 g/mol. The molecule has 0 saturated carbocycles. The van der Waals surface area contributed by atoms with E-state index in [1.165, 1.54) is 6.92 Å². The van der Waals surface area contributed by atoms with Crippen molar-refractivity contribution in [3.8, 4) is 0 Å². The van der Waals surface area contributed by atoms with E-state index in [-0.39, 0.29) is 5.91 Å². The van der Waals surface area contributed by atoms with Crippen LogP contribution >= 0.6 is 11.6 Å². The maximum Gasteiger partial charge on any atom is 0.221 e. The lowest BCUT2D eigenvalue weighted by molar-refractivity contribution is -0.114. The second-order valence-corrected chi connectivity index (χ2v) is 4.60. The van der Waals surface area contributed by atoms with Gasteiger partial charge in [-0.25, -0.2) is 4.98 Å². The molecule has 96 valence electrons. The Morgan fingerprint density at radius 1 is 1.44 bits per heavy atom. The Balaban J connectivity index is 2.18. The van der Waals surface area contributed by atoms with Gasteiger partial charge in [0.1, 0.15) is 0 Å². The Hall–Kier alpha value is -1.55. The minimum Gasteiger partial charge on any atom is -0.331 e. The highest BCUT2D eigenvalue weighted by Gasteiger charge is 2.04. The number of hydrogen-bond donors (Lipinski definition) is 1. The first-order valence-electron chi connectivity index (χ1n) is 5.99. The number of carbonyl (C=O) groups is 1. The number of alkyl halides is 1. The summed E-state index contributed by atoms with van der Waals surface area (Å²) in [6, 6.07) is 5.76. The standard InChI is InChI=1S/C13H16ClN3O/c1-10(18)16-11-4-5-13-12(8-11)15-9-17(13)7-3-2-6-14/h4-5,8-9H,2-3,6-7H2,1H3,(H,16,18). The van der Waals surface area contributed by atoms with Gasteiger partial charge in [-0.2, -0.15) is 0 Å². The summed E-state index contributed by atoms with van der Waals surface area (Å²) in [7, 11) is 0. The summed E-state index contributed by atoms with van der Waals surface area (Å²) in [5.41, 5.74) is 2.76. The number of aromatic nitrogens is 2. The van der Waals surface area contributed by atoms with Crippen molar-refractivity contribution in [2.45, 2.75) is 26.3 Å². The third-order valence-electron chi connectivity index (χ3n) is 2.72. The summed E-state index contributed by atoms with van der Waals surface area (Å²) in [4.78, 5) is 15.3. The number of benzene rings is 1. The SMILES string of the molecule is CC(=O)Nc1ccc2c(c1)ncn2CCCCCl. The molecule has 1 aromatic carbocycles. The lowest BCUT2D eigenvalue weighted by atomic mass is 10.2. The monoisotopic (exact) mass is 265 g/mol. The molecule has 1 N–H and O–H groups in total. The molecule has 18 heavy (non-hydrogen) atoms. The van der Waals surface area contributed by atoms with E-state index in [0.717, 1.165) is 36.1 Å². The van der Waals surface area contributed by atoms with E-state index < -0.39 is 0 Å². The summed E-state index contributed by atoms with van der Waals surface area (Å²) < 4.78 is 2.11. The molecule has 0 saturated heterocycles. The Labute approximate surface area is 111 Å². The van der Waals surface area contributed by atoms with Crippen LogP contribution in [-0.4, -0.2) is 21.3 Å². The number of nitrogens with zero attached hydrogens (tertiary/aromatic N) is 2. The Morgan fingerprint density at radius 2 is 2.28 bits per heavy atom. The summed E-state index contributed by atoms with van der Waals surface area (Å²) in [6.45, 7) is 2.41. The molecule has 2 rings (SSSR count). The summed E-state index contributed by atoms with van der Waals surface area (Å²) in [6.07, 6.45) is 3.88. The zero-order valence-corrected chi connectivity index (χ0v) is 11.1. The second-order valence-electron chi connectivity index (χ2n) is 4.22. The largest absolute Gasteiger partial charge is 0.331 e. The van der Waals surface area contributed by atoms with Crippen LogP contribution in [-0.2, 0) is 11.3 Å². The molecule has 0 aliphatic carbocycles. The maximum atomic E-state index is 11.0. The van der Waals surface area contributed by atoms with Gasteiger partial charge in [0.2, 0.25) is 5.91 Å². The number of rotatable bonds is 5. The van der Waals surface area contributed by atoms with Crippen LogP contribution < -0.4 is 5.32 Å². The first-order valence-corrected chi connectivity index (χ1v) is 6.52. The molecule has 0 spiro atoms. The molecule has 0 unspecified atom stereocenters. The third kappa shape index (κ3) is 3.01. The van der Waals surface area contributed by atoms with Gasteiger partial charge in [-0.3, -0.25) is 4.79 Å². The molecular weight excluding hydrogens is 250 g/mol. The molecule has 0 aliphatic rings. The molecule has 0 aliphatic heterocycles. The van der Waals surface area contributed by atoms with Crippen LogP contribution in [0.4, 0.5) is 5.69 Å². The van der Waals surface area contributed by atoms with Gasteiger partial charge in [0.05, 0.1) is 17.4 Å². The minimum atomic E-state index is -0.0732. The van der Waals surface area contributed by atoms with E-state index in [1.807, 2.05) is 24.5 Å². The maximum absolute atomic E-state index is 11.0. The molecule has 0 radical (unpaired) electrons. The lowest BCUT2D eigenvalue weighted by Crippen LogP contribution is -2.05. The highest BCUT2D eigenvalue weighted by atomic mass is 35.5. The normalized spacial score (nSPS) is 10.8. The van der Waals surface area contributed by atoms with E-state index in [0.29, 0.717) is 5.88 Å². The number of amides is 1. The van der Waals surface area contributed by atoms with Crippen molar-refractivity contribution in [2.75, 3.05) is 11.2 Å². The highest BCUT2D eigenvalue weighted by Crippen LogP contribution is 2.18. The van der Waals surface area contributed by atoms with Gasteiger partial charge < -0.3 is 9.88 Å². The molecule has 2 aromatic rings. The van der Waals surface area contributed by atoms with Crippen molar-refractivity contribution in [3.05, 3.63) is 24.5 Å². The zero-order chi connectivity index (χ0) is 13.0. The van der Waals surface area contributed by atoms with Gasteiger partial charge in [0.25, 0.3) is 0 Å². The first kappa shape index (κ1) is 12.9. The predicted molar refractivity (Wildman–Crippen MR) is 74.0 cm³/mol. The third-order valence-corrected chi connectivity index (χ3v) is 2.99. The van der Waals surface area contributed by atoms with Gasteiger partial charge in [-0.15, -0.1) is 11.6 Å². The summed E-state index contributed by atoms with van der Waals surface area (Å²) in [5.74, 6) is 0.621. The Bertz CT molecular complexity index is 550. The number of aryl methyl sites for hydroxylation is 1. The number of halogens is 1. The topological polar surface area (TPSA) is 46.9 Å². The van der Waals surface area contributed by atoms with E-state index in [2.05, 4.69) is 14.9 Å². The van der Waals surface area contributed by atoms with Gasteiger partial charge in [0, 0.05) is 25.0 Å². The molecule has 1 aromatic heterocycles. The molecule has 5 heteroatoms. The van der Waals surface area contributed by atoms with Crippen molar-refractivity contribution in [3.63, 3.8) is 0 Å². The van der Waals surface area contributed by atoms with Crippen LogP contribution in [0.25, 0.3) is 11.0 Å². The number of fused-ring (bicyclic) bond motifs is 1. The van der Waals surface area contributed by atoms with Crippen LogP contribution in [0.15, 0.2) is 24.5 Å². The van der Waals surface area contributed by atoms with Gasteiger partial charge in [0.15, 0.2) is 0 Å². The number of hydrogen-bond acceptors (Lipinski definition) is 2. The fourth-order valence-electron chi connectivity index (χ4n) is 1.90. The molecular formula is C13H16ClN3O. The van der Waals surface area contributed by atoms with Gasteiger partial charge in [-0.05, 0) is 31.0 Å². The van der Waals surface area contributed by atoms with Crippen molar-refractivity contribution in [1.29, 1.82) is 0 Å². The Kier molecular flexibility index (Phi) is 4.20. The lowest BCUT2D eigenvalue weighted by Gasteiger charge is -2.04. The Morgan fingerprint density at radius 3 is 3.00 bits per heavy atom. The minimum absolute atomic E-state index is 0.0732. The number of anilines is 1. The van der Waals surface area contributed by atoms with Gasteiger partial charge in [-0.1, -0.05) is 0 Å². The van der Waals surface area contributed by atoms with Crippen LogP contribution in [0.3, 0.4) is 0 Å². The quantitative estimate of drug-likeness (QED) is 0.667. The zero-order valence-electron chi connectivity index (χ0n) is 10.3. The van der Waals surface area contributed by atoms with E-state index in [4.69, 9.17) is 11.6 Å². The van der Waals surface area contributed by atoms with Crippen LogP contribution in [0.5, 0.6) is 0 Å². The molecule has 0 bridgehead atoms. The van der Waals surface area contributed by atoms with Crippen LogP contribution in [0.2, 0.25) is 0 Å². The van der Waals surface area contributed by atoms with Crippen LogP contribution in [0.1, 0.15) is 19.8 Å². The van der Waals surface area contributed by atoms with Crippen molar-refractivity contribution >= 4 is 34.2 Å². The van der Waals surface area contributed by atoms with Crippen molar-refractivity contribution < 1.29 is 4.79 Å². The fraction of sp³-hybridized carbons (Fsp3) is 0.385. The fourth-order valence-corrected chi connectivity index (χ4v) is 2.09. The van der Waals surface area contributed by atoms with Gasteiger partial charge >= 0.3 is 0 Å². The number of carbonyl (C=O) groups excluding carboxylic acids is 1. The number of nitrogens with one attached hydrogen (secondary N) is 1. The first-order chi connectivity index (χ1) is 8.70. The van der Waals surface area contributed by atoms with Crippen molar-refractivity contribution in [2.24, 2.45) is 0 Å². The number of unbranched alkanes of at least 4 members (excludes halogenated alkanes) is 1. The van der Waals surface area contributed by atoms with Crippen molar-refractivity contribution in [1.82, 2.24) is 9.55 Å². The summed E-state index contributed by atoms with van der Waals surface area (Å²) >= 11 is 5.66. The highest BCUT2D eigenvalue weighted by molar-refractivity contribution is 6.17. The van der Waals surface area contributed by atoms with E-state index in [1.54, 1.807) is 0 Å². The predicted octanol–water partition coefficient (Wildman–Crippen LogP) is 3.01. The molecule has 4 nitrogen and oxygen atoms in total. The van der Waals surface area contributed by atoms with E-state index in [9.17, 15) is 4.79 Å². The molecule has 0 fully saturated rings. The average Bonchev–Trinajstić information content (AvgIpc) is 2.71.